The summed E-state index contributed by atoms with van der Waals surface area (Å²) in [7, 11) is 0. The highest BCUT2D eigenvalue weighted by Crippen LogP contribution is 2.27. The van der Waals surface area contributed by atoms with Crippen molar-refractivity contribution >= 4 is 34.9 Å². The molecule has 0 saturated heterocycles. The zero-order valence-electron chi connectivity index (χ0n) is 8.36. The third kappa shape index (κ3) is 4.05. The molecular weight excluding hydrogens is 232 g/mol. The molecule has 0 radical (unpaired) electrons. The molecule has 1 rings (SSSR count). The molecule has 1 heterocycles. The Morgan fingerprint density at radius 2 is 2.13 bits per heavy atom. The molecule has 0 unspecified atom stereocenters. The van der Waals surface area contributed by atoms with Gasteiger partial charge in [0.2, 0.25) is 0 Å². The number of Topliss-reactive ketones (excluding diaryl/α,β-unsaturated/α-hetero) is 1. The lowest BCUT2D eigenvalue weighted by molar-refractivity contribution is -0.136. The second kappa shape index (κ2) is 5.92. The van der Waals surface area contributed by atoms with Crippen LogP contribution in [-0.2, 0) is 4.79 Å². The summed E-state index contributed by atoms with van der Waals surface area (Å²) in [5.41, 5.74) is 0. The smallest absolute Gasteiger partial charge is 0.303 e. The Bertz CT molecular complexity index is 357. The SMILES string of the molecule is CCSc1ccc(C(=O)CCC(=O)O)s1. The molecule has 0 atom stereocenters. The molecule has 0 aliphatic carbocycles. The maximum absolute atomic E-state index is 11.5. The molecule has 1 aromatic heterocycles. The predicted molar refractivity (Wildman–Crippen MR) is 61.9 cm³/mol. The fraction of sp³-hybridized carbons (Fsp3) is 0.400. The van der Waals surface area contributed by atoms with Gasteiger partial charge in [-0.15, -0.1) is 23.1 Å². The summed E-state index contributed by atoms with van der Waals surface area (Å²) in [4.78, 5) is 22.5. The van der Waals surface area contributed by atoms with E-state index in [1.807, 2.05) is 6.07 Å². The van der Waals surface area contributed by atoms with E-state index in [0.29, 0.717) is 4.88 Å². The molecule has 0 fully saturated rings. The summed E-state index contributed by atoms with van der Waals surface area (Å²) < 4.78 is 1.11. The Morgan fingerprint density at radius 1 is 1.40 bits per heavy atom. The van der Waals surface area contributed by atoms with Gasteiger partial charge in [-0.3, -0.25) is 9.59 Å². The number of ketones is 1. The Kier molecular flexibility index (Phi) is 4.84. The van der Waals surface area contributed by atoms with E-state index in [1.165, 1.54) is 11.3 Å². The molecule has 0 amide bonds. The largest absolute Gasteiger partial charge is 0.481 e. The average molecular weight is 244 g/mol. The average Bonchev–Trinajstić information content (AvgIpc) is 2.63. The maximum atomic E-state index is 11.5. The predicted octanol–water partition coefficient (Wildman–Crippen LogP) is 2.91. The van der Waals surface area contributed by atoms with Crippen molar-refractivity contribution in [3.05, 3.63) is 17.0 Å². The van der Waals surface area contributed by atoms with E-state index >= 15 is 0 Å². The second-order valence-corrected chi connectivity index (χ2v) is 5.52. The summed E-state index contributed by atoms with van der Waals surface area (Å²) in [6.45, 7) is 2.05. The molecule has 0 bridgehead atoms. The van der Waals surface area contributed by atoms with Crippen molar-refractivity contribution < 1.29 is 14.7 Å². The van der Waals surface area contributed by atoms with Gasteiger partial charge < -0.3 is 5.11 Å². The number of carboxylic acid groups (broad SMARTS) is 1. The van der Waals surface area contributed by atoms with Crippen molar-refractivity contribution in [2.24, 2.45) is 0 Å². The third-order valence-electron chi connectivity index (χ3n) is 1.71. The Hall–Kier alpha value is -0.810. The molecule has 0 aromatic carbocycles. The van der Waals surface area contributed by atoms with E-state index in [0.717, 1.165) is 9.96 Å². The molecule has 15 heavy (non-hydrogen) atoms. The molecule has 1 N–H and O–H groups in total. The first kappa shape index (κ1) is 12.3. The van der Waals surface area contributed by atoms with Gasteiger partial charge in [0.25, 0.3) is 0 Å². The van der Waals surface area contributed by atoms with Gasteiger partial charge in [0, 0.05) is 6.42 Å². The molecule has 82 valence electrons. The van der Waals surface area contributed by atoms with Crippen LogP contribution in [0, 0.1) is 0 Å². The van der Waals surface area contributed by atoms with Crippen molar-refractivity contribution in [2.75, 3.05) is 5.75 Å². The lowest BCUT2D eigenvalue weighted by atomic mass is 10.2. The first-order valence-corrected chi connectivity index (χ1v) is 6.41. The lowest BCUT2D eigenvalue weighted by Gasteiger charge is -1.94. The van der Waals surface area contributed by atoms with E-state index in [4.69, 9.17) is 5.11 Å². The summed E-state index contributed by atoms with van der Waals surface area (Å²) in [6.07, 6.45) is -0.000927. The van der Waals surface area contributed by atoms with Crippen molar-refractivity contribution in [3.8, 4) is 0 Å². The van der Waals surface area contributed by atoms with Crippen LogP contribution in [0.4, 0.5) is 0 Å². The number of aliphatic carboxylic acids is 1. The number of carbonyl (C=O) groups is 2. The van der Waals surface area contributed by atoms with Crippen molar-refractivity contribution in [3.63, 3.8) is 0 Å². The number of rotatable bonds is 6. The molecular formula is C10H12O3S2. The van der Waals surface area contributed by atoms with Crippen LogP contribution < -0.4 is 0 Å². The Balaban J connectivity index is 2.54. The maximum Gasteiger partial charge on any atom is 0.303 e. The molecule has 0 aliphatic heterocycles. The standard InChI is InChI=1S/C10H12O3S2/c1-2-14-10-6-4-8(15-10)7(11)3-5-9(12)13/h4,6H,2-3,5H2,1H3,(H,12,13). The zero-order valence-corrected chi connectivity index (χ0v) is 9.99. The number of thiophene rings is 1. The van der Waals surface area contributed by atoms with Gasteiger partial charge in [-0.1, -0.05) is 6.92 Å². The molecule has 0 spiro atoms. The number of carboxylic acids is 1. The van der Waals surface area contributed by atoms with Crippen LogP contribution in [0.2, 0.25) is 0 Å². The zero-order chi connectivity index (χ0) is 11.3. The molecule has 5 heteroatoms. The normalized spacial score (nSPS) is 10.2. The molecule has 1 aromatic rings. The van der Waals surface area contributed by atoms with E-state index < -0.39 is 5.97 Å². The van der Waals surface area contributed by atoms with E-state index in [1.54, 1.807) is 17.8 Å². The Morgan fingerprint density at radius 3 is 2.73 bits per heavy atom. The van der Waals surface area contributed by atoms with E-state index in [2.05, 4.69) is 6.92 Å². The minimum Gasteiger partial charge on any atom is -0.481 e. The molecule has 0 aliphatic rings. The molecule has 0 saturated carbocycles. The lowest BCUT2D eigenvalue weighted by Crippen LogP contribution is -2.01. The topological polar surface area (TPSA) is 54.4 Å². The fourth-order valence-electron chi connectivity index (χ4n) is 1.03. The fourth-order valence-corrected chi connectivity index (χ4v) is 3.05. The minimum absolute atomic E-state index is 0.0784. The summed E-state index contributed by atoms with van der Waals surface area (Å²) in [6, 6.07) is 3.68. The van der Waals surface area contributed by atoms with E-state index in [9.17, 15) is 9.59 Å². The monoisotopic (exact) mass is 244 g/mol. The van der Waals surface area contributed by atoms with Gasteiger partial charge >= 0.3 is 5.97 Å². The third-order valence-corrected chi connectivity index (χ3v) is 3.94. The number of hydrogen-bond donors (Lipinski definition) is 1. The number of carbonyl (C=O) groups excluding carboxylic acids is 1. The van der Waals surface area contributed by atoms with Crippen LogP contribution in [0.5, 0.6) is 0 Å². The van der Waals surface area contributed by atoms with Gasteiger partial charge in [0.1, 0.15) is 0 Å². The second-order valence-electron chi connectivity index (χ2n) is 2.87. The van der Waals surface area contributed by atoms with Crippen molar-refractivity contribution in [2.45, 2.75) is 24.0 Å². The first-order valence-electron chi connectivity index (χ1n) is 4.61. The van der Waals surface area contributed by atoms with Crippen LogP contribution in [0.1, 0.15) is 29.4 Å². The van der Waals surface area contributed by atoms with Crippen LogP contribution in [0.3, 0.4) is 0 Å². The van der Waals surface area contributed by atoms with Gasteiger partial charge in [0.15, 0.2) is 5.78 Å². The highest BCUT2D eigenvalue weighted by atomic mass is 32.2. The van der Waals surface area contributed by atoms with E-state index in [-0.39, 0.29) is 18.6 Å². The highest BCUT2D eigenvalue weighted by molar-refractivity contribution is 8.01. The Labute approximate surface area is 96.5 Å². The van der Waals surface area contributed by atoms with Crippen LogP contribution in [0.25, 0.3) is 0 Å². The summed E-state index contributed by atoms with van der Waals surface area (Å²) in [5, 5.41) is 8.45. The van der Waals surface area contributed by atoms with Crippen LogP contribution >= 0.6 is 23.1 Å². The van der Waals surface area contributed by atoms with Crippen LogP contribution in [0.15, 0.2) is 16.3 Å². The minimum atomic E-state index is -0.928. The van der Waals surface area contributed by atoms with Gasteiger partial charge in [-0.2, -0.15) is 0 Å². The van der Waals surface area contributed by atoms with Gasteiger partial charge in [0.05, 0.1) is 15.5 Å². The van der Waals surface area contributed by atoms with Crippen LogP contribution in [-0.4, -0.2) is 22.6 Å². The van der Waals surface area contributed by atoms with Crippen molar-refractivity contribution in [1.29, 1.82) is 0 Å². The summed E-state index contributed by atoms with van der Waals surface area (Å²) in [5.74, 6) is -0.0306. The number of thioether (sulfide) groups is 1. The van der Waals surface area contributed by atoms with Gasteiger partial charge in [-0.05, 0) is 17.9 Å². The van der Waals surface area contributed by atoms with Gasteiger partial charge in [-0.25, -0.2) is 0 Å². The quantitative estimate of drug-likeness (QED) is 0.617. The number of hydrogen-bond acceptors (Lipinski definition) is 4. The first-order chi connectivity index (χ1) is 7.13. The highest BCUT2D eigenvalue weighted by Gasteiger charge is 2.10. The molecule has 3 nitrogen and oxygen atoms in total. The summed E-state index contributed by atoms with van der Waals surface area (Å²) >= 11 is 3.13. The van der Waals surface area contributed by atoms with Crippen molar-refractivity contribution in [1.82, 2.24) is 0 Å².